The van der Waals surface area contributed by atoms with Gasteiger partial charge in [-0.3, -0.25) is 0 Å². The Bertz CT molecular complexity index is 412. The van der Waals surface area contributed by atoms with Crippen LogP contribution in [0, 0.1) is 0 Å². The maximum atomic E-state index is 11.6. The number of hydrogen-bond donors (Lipinski definition) is 0. The fourth-order valence-electron chi connectivity index (χ4n) is 1.17. The summed E-state index contributed by atoms with van der Waals surface area (Å²) < 4.78 is 23.2. The lowest BCUT2D eigenvalue weighted by atomic mass is 10.3. The fraction of sp³-hybridized carbons (Fsp3) is 0.400. The van der Waals surface area contributed by atoms with E-state index in [2.05, 4.69) is 0 Å². The van der Waals surface area contributed by atoms with Gasteiger partial charge in [0, 0.05) is 25.7 Å². The molecule has 0 aromatic heterocycles. The first-order valence-corrected chi connectivity index (χ1v) is 6.72. The number of benzene rings is 1. The summed E-state index contributed by atoms with van der Waals surface area (Å²) in [7, 11) is 0.607. The van der Waals surface area contributed by atoms with Crippen LogP contribution < -0.4 is 4.90 Å². The van der Waals surface area contributed by atoms with Crippen LogP contribution in [-0.4, -0.2) is 34.1 Å². The van der Waals surface area contributed by atoms with E-state index in [4.69, 9.17) is 11.6 Å². The Hall–Kier alpha value is -0.740. The summed E-state index contributed by atoms with van der Waals surface area (Å²) >= 11 is 5.43. The Morgan fingerprint density at radius 2 is 1.73 bits per heavy atom. The Labute approximate surface area is 95.6 Å². The van der Waals surface area contributed by atoms with Gasteiger partial charge in [0.25, 0.3) is 0 Å². The summed E-state index contributed by atoms with van der Waals surface area (Å²) in [6.45, 7) is 0. The summed E-state index contributed by atoms with van der Waals surface area (Å²) in [6, 6.07) is 6.77. The van der Waals surface area contributed by atoms with Gasteiger partial charge in [0.1, 0.15) is 0 Å². The van der Waals surface area contributed by atoms with Crippen LogP contribution in [-0.2, 0) is 9.84 Å². The van der Waals surface area contributed by atoms with E-state index in [0.29, 0.717) is 4.90 Å². The molecule has 0 N–H and O–H groups in total. The van der Waals surface area contributed by atoms with Gasteiger partial charge < -0.3 is 4.90 Å². The highest BCUT2D eigenvalue weighted by molar-refractivity contribution is 7.91. The molecule has 5 heteroatoms. The average Bonchev–Trinajstić information content (AvgIpc) is 2.18. The highest BCUT2D eigenvalue weighted by atomic mass is 35.5. The van der Waals surface area contributed by atoms with E-state index in [-0.39, 0.29) is 11.6 Å². The molecule has 15 heavy (non-hydrogen) atoms. The lowest BCUT2D eigenvalue weighted by Crippen LogP contribution is -2.10. The quantitative estimate of drug-likeness (QED) is 0.761. The summed E-state index contributed by atoms with van der Waals surface area (Å²) in [5.74, 6) is 0.105. The Morgan fingerprint density at radius 1 is 1.20 bits per heavy atom. The number of sulfone groups is 1. The molecule has 0 unspecified atom stereocenters. The van der Waals surface area contributed by atoms with E-state index < -0.39 is 9.84 Å². The van der Waals surface area contributed by atoms with Crippen LogP contribution in [0.2, 0.25) is 0 Å². The van der Waals surface area contributed by atoms with Crippen LogP contribution in [0.15, 0.2) is 29.2 Å². The van der Waals surface area contributed by atoms with E-state index in [1.807, 2.05) is 19.0 Å². The molecule has 0 saturated carbocycles. The number of hydrogen-bond acceptors (Lipinski definition) is 3. The van der Waals surface area contributed by atoms with E-state index in [1.165, 1.54) is 0 Å². The third-order valence-electron chi connectivity index (χ3n) is 2.06. The second-order valence-electron chi connectivity index (χ2n) is 3.40. The first kappa shape index (κ1) is 12.3. The van der Waals surface area contributed by atoms with Crippen molar-refractivity contribution in [2.24, 2.45) is 0 Å². The van der Waals surface area contributed by atoms with Gasteiger partial charge in [-0.2, -0.15) is 0 Å². The Balaban J connectivity index is 2.99. The molecule has 0 spiro atoms. The summed E-state index contributed by atoms with van der Waals surface area (Å²) in [4.78, 5) is 2.24. The lowest BCUT2D eigenvalue weighted by Gasteiger charge is -2.12. The highest BCUT2D eigenvalue weighted by Crippen LogP contribution is 2.17. The maximum Gasteiger partial charge on any atom is 0.179 e. The SMILES string of the molecule is CN(C)c1ccc(S(=O)(=O)CCCl)cc1. The predicted octanol–water partition coefficient (Wildman–Crippen LogP) is 1.77. The summed E-state index contributed by atoms with van der Waals surface area (Å²) in [5.41, 5.74) is 0.972. The molecule has 0 atom stereocenters. The van der Waals surface area contributed by atoms with E-state index in [1.54, 1.807) is 24.3 Å². The molecule has 0 radical (unpaired) electrons. The minimum atomic E-state index is -3.20. The van der Waals surface area contributed by atoms with Crippen LogP contribution in [0.3, 0.4) is 0 Å². The molecule has 3 nitrogen and oxygen atoms in total. The molecule has 0 aliphatic carbocycles. The van der Waals surface area contributed by atoms with Crippen molar-refractivity contribution in [1.82, 2.24) is 0 Å². The van der Waals surface area contributed by atoms with Crippen LogP contribution in [0.4, 0.5) is 5.69 Å². The van der Waals surface area contributed by atoms with Gasteiger partial charge in [0.05, 0.1) is 10.6 Å². The van der Waals surface area contributed by atoms with Crippen molar-refractivity contribution in [2.45, 2.75) is 4.90 Å². The summed E-state index contributed by atoms with van der Waals surface area (Å²) in [6.07, 6.45) is 0. The average molecular weight is 248 g/mol. The van der Waals surface area contributed by atoms with Crippen LogP contribution >= 0.6 is 11.6 Å². The van der Waals surface area contributed by atoms with Crippen molar-refractivity contribution in [3.05, 3.63) is 24.3 Å². The Kier molecular flexibility index (Phi) is 3.99. The monoisotopic (exact) mass is 247 g/mol. The van der Waals surface area contributed by atoms with E-state index in [0.717, 1.165) is 5.69 Å². The minimum absolute atomic E-state index is 0.0180. The van der Waals surface area contributed by atoms with Crippen molar-refractivity contribution < 1.29 is 8.42 Å². The molecule has 0 heterocycles. The zero-order chi connectivity index (χ0) is 11.5. The second-order valence-corrected chi connectivity index (χ2v) is 5.88. The first-order valence-electron chi connectivity index (χ1n) is 4.53. The number of nitrogens with zero attached hydrogens (tertiary/aromatic N) is 1. The normalized spacial score (nSPS) is 11.4. The lowest BCUT2D eigenvalue weighted by molar-refractivity contribution is 0.597. The molecule has 0 aliphatic heterocycles. The van der Waals surface area contributed by atoms with Gasteiger partial charge in [0.2, 0.25) is 0 Å². The first-order chi connectivity index (χ1) is 6.97. The van der Waals surface area contributed by atoms with Crippen molar-refractivity contribution >= 4 is 27.1 Å². The standard InChI is InChI=1S/C10H14ClNO2S/c1-12(2)9-3-5-10(6-4-9)15(13,14)8-7-11/h3-6H,7-8H2,1-2H3. The Morgan fingerprint density at radius 3 is 2.13 bits per heavy atom. The number of halogens is 1. The molecule has 0 amide bonds. The molecule has 1 rings (SSSR count). The van der Waals surface area contributed by atoms with E-state index in [9.17, 15) is 8.42 Å². The third-order valence-corrected chi connectivity index (χ3v) is 4.20. The van der Waals surface area contributed by atoms with Crippen molar-refractivity contribution in [1.29, 1.82) is 0 Å². The van der Waals surface area contributed by atoms with Crippen molar-refractivity contribution in [2.75, 3.05) is 30.6 Å². The van der Waals surface area contributed by atoms with E-state index >= 15 is 0 Å². The number of alkyl halides is 1. The van der Waals surface area contributed by atoms with Crippen molar-refractivity contribution in [3.8, 4) is 0 Å². The number of anilines is 1. The zero-order valence-corrected chi connectivity index (χ0v) is 10.3. The predicted molar refractivity (Wildman–Crippen MR) is 63.5 cm³/mol. The number of rotatable bonds is 4. The fourth-order valence-corrected chi connectivity index (χ4v) is 2.77. The molecule has 0 saturated heterocycles. The largest absolute Gasteiger partial charge is 0.378 e. The molecule has 0 bridgehead atoms. The van der Waals surface area contributed by atoms with Crippen LogP contribution in [0.5, 0.6) is 0 Å². The molecule has 1 aromatic carbocycles. The molecular weight excluding hydrogens is 234 g/mol. The maximum absolute atomic E-state index is 11.6. The topological polar surface area (TPSA) is 37.4 Å². The molecule has 84 valence electrons. The van der Waals surface area contributed by atoms with Crippen LogP contribution in [0.25, 0.3) is 0 Å². The second kappa shape index (κ2) is 4.86. The molecule has 0 aliphatic rings. The third kappa shape index (κ3) is 3.11. The van der Waals surface area contributed by atoms with Gasteiger partial charge >= 0.3 is 0 Å². The van der Waals surface area contributed by atoms with Crippen LogP contribution in [0.1, 0.15) is 0 Å². The summed E-state index contributed by atoms with van der Waals surface area (Å²) in [5, 5.41) is 0. The minimum Gasteiger partial charge on any atom is -0.378 e. The van der Waals surface area contributed by atoms with Gasteiger partial charge in [0.15, 0.2) is 9.84 Å². The molecule has 1 aromatic rings. The van der Waals surface area contributed by atoms with Gasteiger partial charge in [-0.05, 0) is 24.3 Å². The van der Waals surface area contributed by atoms with Gasteiger partial charge in [-0.1, -0.05) is 0 Å². The van der Waals surface area contributed by atoms with Gasteiger partial charge in [-0.15, -0.1) is 11.6 Å². The zero-order valence-electron chi connectivity index (χ0n) is 8.77. The molecular formula is C10H14ClNO2S. The molecule has 0 fully saturated rings. The van der Waals surface area contributed by atoms with Gasteiger partial charge in [-0.25, -0.2) is 8.42 Å². The van der Waals surface area contributed by atoms with Crippen molar-refractivity contribution in [3.63, 3.8) is 0 Å². The smallest absolute Gasteiger partial charge is 0.179 e. The highest BCUT2D eigenvalue weighted by Gasteiger charge is 2.13.